The zero-order valence-electron chi connectivity index (χ0n) is 14.6. The third-order valence-corrected chi connectivity index (χ3v) is 5.46. The molecule has 6 heteroatoms. The highest BCUT2D eigenvalue weighted by Crippen LogP contribution is 2.29. The van der Waals surface area contributed by atoms with Crippen molar-refractivity contribution in [1.82, 2.24) is 4.98 Å². The Morgan fingerprint density at radius 2 is 2.04 bits per heavy atom. The third kappa shape index (κ3) is 4.28. The minimum atomic E-state index is -0.603. The Kier molecular flexibility index (Phi) is 6.24. The Morgan fingerprint density at radius 1 is 1.33 bits per heavy atom. The van der Waals surface area contributed by atoms with E-state index in [0.29, 0.717) is 0 Å². The summed E-state index contributed by atoms with van der Waals surface area (Å²) in [6.07, 6.45) is 0. The van der Waals surface area contributed by atoms with E-state index in [-0.39, 0.29) is 11.8 Å². The number of nitrogens with zero attached hydrogens (tertiary/aromatic N) is 2. The molecule has 0 aliphatic carbocycles. The van der Waals surface area contributed by atoms with Gasteiger partial charge in [0, 0.05) is 35.6 Å². The molecule has 0 spiro atoms. The zero-order chi connectivity index (χ0) is 17.7. The molecule has 0 atom stereocenters. The average Bonchev–Trinajstić information content (AvgIpc) is 3.06. The number of hydrogen-bond acceptors (Lipinski definition) is 4. The van der Waals surface area contributed by atoms with Crippen LogP contribution in [0, 0.1) is 5.41 Å². The number of nitrogens with one attached hydrogen (secondary N) is 1. The van der Waals surface area contributed by atoms with Crippen molar-refractivity contribution < 1.29 is 4.79 Å². The number of rotatable bonds is 7. The average molecular weight is 366 g/mol. The SMILES string of the molecule is CCN(CC)c1nc(-c2cccc(NC(=O)C(C)(C)CCl)c2)cs1. The van der Waals surface area contributed by atoms with Gasteiger partial charge in [0.15, 0.2) is 5.13 Å². The molecule has 24 heavy (non-hydrogen) atoms. The van der Waals surface area contributed by atoms with E-state index < -0.39 is 5.41 Å². The van der Waals surface area contributed by atoms with Gasteiger partial charge >= 0.3 is 0 Å². The summed E-state index contributed by atoms with van der Waals surface area (Å²) in [5.74, 6) is 0.189. The first kappa shape index (κ1) is 18.7. The Hall–Kier alpha value is -1.59. The topological polar surface area (TPSA) is 45.2 Å². The van der Waals surface area contributed by atoms with Crippen LogP contribution in [-0.4, -0.2) is 29.9 Å². The molecular weight excluding hydrogens is 342 g/mol. The summed E-state index contributed by atoms with van der Waals surface area (Å²) in [5, 5.41) is 6.01. The molecule has 1 heterocycles. The smallest absolute Gasteiger partial charge is 0.231 e. The van der Waals surface area contributed by atoms with Gasteiger partial charge in [-0.1, -0.05) is 12.1 Å². The van der Waals surface area contributed by atoms with E-state index in [1.807, 2.05) is 38.1 Å². The molecule has 1 aromatic heterocycles. The lowest BCUT2D eigenvalue weighted by atomic mass is 9.95. The third-order valence-electron chi connectivity index (χ3n) is 3.89. The second kappa shape index (κ2) is 7.99. The van der Waals surface area contributed by atoms with Crippen LogP contribution in [-0.2, 0) is 4.79 Å². The quantitative estimate of drug-likeness (QED) is 0.712. The number of benzene rings is 1. The molecule has 0 fully saturated rings. The number of halogens is 1. The number of aromatic nitrogens is 1. The van der Waals surface area contributed by atoms with Gasteiger partial charge in [-0.25, -0.2) is 4.98 Å². The van der Waals surface area contributed by atoms with Crippen LogP contribution < -0.4 is 10.2 Å². The minimum absolute atomic E-state index is 0.0863. The molecule has 0 aliphatic rings. The maximum absolute atomic E-state index is 12.3. The van der Waals surface area contributed by atoms with Gasteiger partial charge in [-0.2, -0.15) is 0 Å². The van der Waals surface area contributed by atoms with Gasteiger partial charge in [-0.05, 0) is 39.8 Å². The van der Waals surface area contributed by atoms with Crippen LogP contribution in [0.25, 0.3) is 11.3 Å². The van der Waals surface area contributed by atoms with Gasteiger partial charge in [0.2, 0.25) is 5.91 Å². The van der Waals surface area contributed by atoms with E-state index in [1.165, 1.54) is 0 Å². The predicted molar refractivity (Wildman–Crippen MR) is 104 cm³/mol. The van der Waals surface area contributed by atoms with Crippen LogP contribution in [0.2, 0.25) is 0 Å². The maximum atomic E-state index is 12.3. The highest BCUT2D eigenvalue weighted by molar-refractivity contribution is 7.14. The van der Waals surface area contributed by atoms with E-state index in [4.69, 9.17) is 16.6 Å². The molecule has 130 valence electrons. The summed E-state index contributed by atoms with van der Waals surface area (Å²) >= 11 is 7.51. The van der Waals surface area contributed by atoms with E-state index in [0.717, 1.165) is 35.2 Å². The van der Waals surface area contributed by atoms with E-state index in [2.05, 4.69) is 29.4 Å². The Labute approximate surface area is 152 Å². The summed E-state index contributed by atoms with van der Waals surface area (Å²) in [5.41, 5.74) is 2.07. The second-order valence-corrected chi connectivity index (χ2v) is 7.34. The van der Waals surface area contributed by atoms with Gasteiger partial charge in [0.1, 0.15) is 0 Å². The van der Waals surface area contributed by atoms with E-state index >= 15 is 0 Å². The van der Waals surface area contributed by atoms with Crippen molar-refractivity contribution in [3.8, 4) is 11.3 Å². The van der Waals surface area contributed by atoms with Crippen LogP contribution in [0.3, 0.4) is 0 Å². The molecule has 4 nitrogen and oxygen atoms in total. The first-order valence-corrected chi connectivity index (χ1v) is 9.51. The highest BCUT2D eigenvalue weighted by Gasteiger charge is 2.26. The predicted octanol–water partition coefficient (Wildman–Crippen LogP) is 4.86. The highest BCUT2D eigenvalue weighted by atomic mass is 35.5. The minimum Gasteiger partial charge on any atom is -0.349 e. The molecule has 0 bridgehead atoms. The lowest BCUT2D eigenvalue weighted by Crippen LogP contribution is -2.32. The van der Waals surface area contributed by atoms with Crippen molar-refractivity contribution in [3.05, 3.63) is 29.6 Å². The monoisotopic (exact) mass is 365 g/mol. The van der Waals surface area contributed by atoms with Gasteiger partial charge in [0.05, 0.1) is 11.1 Å². The largest absolute Gasteiger partial charge is 0.349 e. The van der Waals surface area contributed by atoms with Gasteiger partial charge in [0.25, 0.3) is 0 Å². The lowest BCUT2D eigenvalue weighted by Gasteiger charge is -2.20. The van der Waals surface area contributed by atoms with Gasteiger partial charge in [-0.3, -0.25) is 4.79 Å². The molecule has 1 aromatic carbocycles. The number of carbonyl (C=O) groups is 1. The van der Waals surface area contributed by atoms with Crippen molar-refractivity contribution in [2.75, 3.05) is 29.2 Å². The van der Waals surface area contributed by atoms with Crippen molar-refractivity contribution in [2.45, 2.75) is 27.7 Å². The van der Waals surface area contributed by atoms with Crippen LogP contribution in [0.15, 0.2) is 29.6 Å². The first-order chi connectivity index (χ1) is 11.4. The summed E-state index contributed by atoms with van der Waals surface area (Å²) in [7, 11) is 0. The summed E-state index contributed by atoms with van der Waals surface area (Å²) < 4.78 is 0. The van der Waals surface area contributed by atoms with Gasteiger partial charge < -0.3 is 10.2 Å². The second-order valence-electron chi connectivity index (χ2n) is 6.24. The van der Waals surface area contributed by atoms with Gasteiger partial charge in [-0.15, -0.1) is 22.9 Å². The fourth-order valence-corrected chi connectivity index (χ4v) is 3.24. The van der Waals surface area contributed by atoms with Crippen LogP contribution in [0.5, 0.6) is 0 Å². The molecule has 0 saturated carbocycles. The molecular formula is C18H24ClN3OS. The fourth-order valence-electron chi connectivity index (χ4n) is 2.15. The van der Waals surface area contributed by atoms with Crippen LogP contribution in [0.4, 0.5) is 10.8 Å². The number of amides is 1. The number of thiazole rings is 1. The van der Waals surface area contributed by atoms with Crippen molar-refractivity contribution in [1.29, 1.82) is 0 Å². The molecule has 1 N–H and O–H groups in total. The summed E-state index contributed by atoms with van der Waals surface area (Å²) in [4.78, 5) is 19.2. The number of anilines is 2. The van der Waals surface area contributed by atoms with Crippen LogP contribution >= 0.6 is 22.9 Å². The zero-order valence-corrected chi connectivity index (χ0v) is 16.2. The maximum Gasteiger partial charge on any atom is 0.231 e. The normalized spacial score (nSPS) is 11.4. The molecule has 0 unspecified atom stereocenters. The number of carbonyl (C=O) groups excluding carboxylic acids is 1. The molecule has 2 aromatic rings. The van der Waals surface area contributed by atoms with Crippen molar-refractivity contribution in [2.24, 2.45) is 5.41 Å². The Morgan fingerprint density at radius 3 is 2.67 bits per heavy atom. The molecule has 1 amide bonds. The van der Waals surface area contributed by atoms with Crippen LogP contribution in [0.1, 0.15) is 27.7 Å². The van der Waals surface area contributed by atoms with E-state index in [9.17, 15) is 4.79 Å². The lowest BCUT2D eigenvalue weighted by molar-refractivity contribution is -0.122. The molecule has 0 saturated heterocycles. The summed E-state index contributed by atoms with van der Waals surface area (Å²) in [6, 6.07) is 7.76. The fraction of sp³-hybridized carbons (Fsp3) is 0.444. The molecule has 0 radical (unpaired) electrons. The summed E-state index contributed by atoms with van der Waals surface area (Å²) in [6.45, 7) is 9.78. The Balaban J connectivity index is 2.20. The van der Waals surface area contributed by atoms with Crippen molar-refractivity contribution >= 4 is 39.7 Å². The number of hydrogen-bond donors (Lipinski definition) is 1. The first-order valence-electron chi connectivity index (χ1n) is 8.09. The molecule has 2 rings (SSSR count). The van der Waals surface area contributed by atoms with Crippen molar-refractivity contribution in [3.63, 3.8) is 0 Å². The Bertz CT molecular complexity index is 695. The number of alkyl halides is 1. The standard InChI is InChI=1S/C18H24ClN3OS/c1-5-22(6-2)17-21-15(11-24-17)13-8-7-9-14(10-13)20-16(23)18(3,4)12-19/h7-11H,5-6,12H2,1-4H3,(H,20,23). The van der Waals surface area contributed by atoms with E-state index in [1.54, 1.807) is 11.3 Å². The molecule has 0 aliphatic heterocycles.